The summed E-state index contributed by atoms with van der Waals surface area (Å²) in [4.78, 5) is 0. The molecule has 1 unspecified atom stereocenters. The molecule has 0 saturated carbocycles. The normalized spacial score (nSPS) is 14.4. The Morgan fingerprint density at radius 3 is 2.59 bits per heavy atom. The van der Waals surface area contributed by atoms with Gasteiger partial charge in [0.1, 0.15) is 0 Å². The second-order valence-corrected chi connectivity index (χ2v) is 4.56. The molecule has 0 aromatic heterocycles. The topological polar surface area (TPSA) is 12.0 Å². The highest BCUT2D eigenvalue weighted by Crippen LogP contribution is 2.24. The van der Waals surface area contributed by atoms with E-state index in [1.165, 1.54) is 12.1 Å². The Kier molecular flexibility index (Phi) is 4.82. The zero-order valence-corrected chi connectivity index (χ0v) is 10.4. The van der Waals surface area contributed by atoms with E-state index in [0.717, 1.165) is 18.7 Å². The highest BCUT2D eigenvalue weighted by molar-refractivity contribution is 5.20. The third-order valence-electron chi connectivity index (χ3n) is 2.86. The molecule has 0 aliphatic rings. The first-order valence-corrected chi connectivity index (χ1v) is 5.79. The minimum atomic E-state index is -0.805. The van der Waals surface area contributed by atoms with Gasteiger partial charge in [0.25, 0.3) is 0 Å². The van der Waals surface area contributed by atoms with E-state index in [2.05, 4.69) is 11.9 Å². The maximum atomic E-state index is 13.1. The maximum absolute atomic E-state index is 13.1. The molecule has 0 amide bonds. The Balaban J connectivity index is 2.79. The summed E-state index contributed by atoms with van der Waals surface area (Å²) in [5.41, 5.74) is 0.629. The van der Waals surface area contributed by atoms with Gasteiger partial charge in [0.15, 0.2) is 11.6 Å². The lowest BCUT2D eigenvalue weighted by molar-refractivity contribution is 0.394. The standard InChI is InChI=1S/C14H19F2N/c1-4-14(3,10-17-5-2)9-11-6-7-12(15)13(16)8-11/h4,6-8,17H,1,5,9-10H2,2-3H3. The summed E-state index contributed by atoms with van der Waals surface area (Å²) < 4.78 is 25.9. The molecular formula is C14H19F2N. The number of rotatable bonds is 6. The van der Waals surface area contributed by atoms with Crippen molar-refractivity contribution in [3.8, 4) is 0 Å². The molecule has 0 aliphatic heterocycles. The molecule has 17 heavy (non-hydrogen) atoms. The first-order valence-electron chi connectivity index (χ1n) is 5.79. The van der Waals surface area contributed by atoms with Gasteiger partial charge in [-0.2, -0.15) is 0 Å². The van der Waals surface area contributed by atoms with E-state index in [0.29, 0.717) is 6.42 Å². The van der Waals surface area contributed by atoms with Crippen LogP contribution in [-0.2, 0) is 6.42 Å². The molecule has 1 atom stereocenters. The van der Waals surface area contributed by atoms with E-state index in [1.807, 2.05) is 19.9 Å². The Bertz CT molecular complexity index is 390. The average molecular weight is 239 g/mol. The fourth-order valence-corrected chi connectivity index (χ4v) is 1.73. The molecule has 0 aliphatic carbocycles. The van der Waals surface area contributed by atoms with E-state index < -0.39 is 11.6 Å². The minimum Gasteiger partial charge on any atom is -0.316 e. The number of hydrogen-bond acceptors (Lipinski definition) is 1. The van der Waals surface area contributed by atoms with Gasteiger partial charge < -0.3 is 5.32 Å². The van der Waals surface area contributed by atoms with Crippen molar-refractivity contribution in [1.29, 1.82) is 0 Å². The van der Waals surface area contributed by atoms with Crippen molar-refractivity contribution >= 4 is 0 Å². The van der Waals surface area contributed by atoms with Gasteiger partial charge in [-0.15, -0.1) is 6.58 Å². The van der Waals surface area contributed by atoms with Gasteiger partial charge in [-0.1, -0.05) is 26.0 Å². The number of halogens is 2. The van der Waals surface area contributed by atoms with Crippen LogP contribution in [0.2, 0.25) is 0 Å². The quantitative estimate of drug-likeness (QED) is 0.751. The Hall–Kier alpha value is -1.22. The van der Waals surface area contributed by atoms with Crippen molar-refractivity contribution in [2.24, 2.45) is 5.41 Å². The molecule has 0 spiro atoms. The third kappa shape index (κ3) is 3.93. The van der Waals surface area contributed by atoms with E-state index >= 15 is 0 Å². The van der Waals surface area contributed by atoms with Gasteiger partial charge >= 0.3 is 0 Å². The molecule has 1 nitrogen and oxygen atoms in total. The monoisotopic (exact) mass is 239 g/mol. The maximum Gasteiger partial charge on any atom is 0.159 e. The lowest BCUT2D eigenvalue weighted by atomic mass is 9.83. The van der Waals surface area contributed by atoms with Crippen LogP contribution in [0.3, 0.4) is 0 Å². The van der Waals surface area contributed by atoms with Gasteiger partial charge in [-0.3, -0.25) is 0 Å². The fourth-order valence-electron chi connectivity index (χ4n) is 1.73. The molecule has 1 aromatic rings. The summed E-state index contributed by atoms with van der Waals surface area (Å²) in [6.07, 6.45) is 2.50. The molecular weight excluding hydrogens is 220 g/mol. The van der Waals surface area contributed by atoms with Crippen molar-refractivity contribution in [3.05, 3.63) is 48.1 Å². The first kappa shape index (κ1) is 13.8. The molecule has 0 saturated heterocycles. The predicted molar refractivity (Wildman–Crippen MR) is 66.9 cm³/mol. The van der Waals surface area contributed by atoms with Crippen molar-refractivity contribution in [2.75, 3.05) is 13.1 Å². The van der Waals surface area contributed by atoms with Crippen LogP contribution >= 0.6 is 0 Å². The molecule has 1 aromatic carbocycles. The van der Waals surface area contributed by atoms with Gasteiger partial charge in [0.05, 0.1) is 0 Å². The summed E-state index contributed by atoms with van der Waals surface area (Å²) in [6, 6.07) is 4.04. The third-order valence-corrected chi connectivity index (χ3v) is 2.86. The van der Waals surface area contributed by atoms with Crippen molar-refractivity contribution in [2.45, 2.75) is 20.3 Å². The summed E-state index contributed by atoms with van der Waals surface area (Å²) in [6.45, 7) is 9.53. The molecule has 94 valence electrons. The van der Waals surface area contributed by atoms with Crippen LogP contribution in [0.1, 0.15) is 19.4 Å². The fraction of sp³-hybridized carbons (Fsp3) is 0.429. The Morgan fingerprint density at radius 1 is 1.35 bits per heavy atom. The van der Waals surface area contributed by atoms with Crippen LogP contribution in [-0.4, -0.2) is 13.1 Å². The first-order chi connectivity index (χ1) is 8.00. The lowest BCUT2D eigenvalue weighted by Gasteiger charge is -2.26. The minimum absolute atomic E-state index is 0.153. The molecule has 0 fully saturated rings. The van der Waals surface area contributed by atoms with Crippen molar-refractivity contribution in [3.63, 3.8) is 0 Å². The number of benzene rings is 1. The zero-order valence-electron chi connectivity index (χ0n) is 10.4. The molecule has 0 radical (unpaired) electrons. The van der Waals surface area contributed by atoms with Gasteiger partial charge in [0.2, 0.25) is 0 Å². The lowest BCUT2D eigenvalue weighted by Crippen LogP contribution is -2.31. The summed E-state index contributed by atoms with van der Waals surface area (Å²) >= 11 is 0. The Morgan fingerprint density at radius 2 is 2.06 bits per heavy atom. The smallest absolute Gasteiger partial charge is 0.159 e. The number of nitrogens with one attached hydrogen (secondary N) is 1. The van der Waals surface area contributed by atoms with E-state index in [1.54, 1.807) is 6.07 Å². The van der Waals surface area contributed by atoms with Crippen molar-refractivity contribution in [1.82, 2.24) is 5.32 Å². The van der Waals surface area contributed by atoms with Gasteiger partial charge in [-0.05, 0) is 30.7 Å². The molecule has 1 rings (SSSR count). The van der Waals surface area contributed by atoms with E-state index in [-0.39, 0.29) is 5.41 Å². The average Bonchev–Trinajstić information content (AvgIpc) is 2.31. The van der Waals surface area contributed by atoms with Crippen LogP contribution in [0.15, 0.2) is 30.9 Å². The van der Waals surface area contributed by atoms with Gasteiger partial charge in [0, 0.05) is 12.0 Å². The van der Waals surface area contributed by atoms with Crippen LogP contribution in [0.4, 0.5) is 8.78 Å². The molecule has 1 N–H and O–H groups in total. The second kappa shape index (κ2) is 5.92. The highest BCUT2D eigenvalue weighted by atomic mass is 19.2. The highest BCUT2D eigenvalue weighted by Gasteiger charge is 2.20. The summed E-state index contributed by atoms with van der Waals surface area (Å²) in [5, 5.41) is 3.25. The second-order valence-electron chi connectivity index (χ2n) is 4.56. The van der Waals surface area contributed by atoms with Crippen molar-refractivity contribution < 1.29 is 8.78 Å². The molecule has 0 heterocycles. The molecule has 0 bridgehead atoms. The summed E-state index contributed by atoms with van der Waals surface area (Å²) in [5.74, 6) is -1.60. The molecule has 3 heteroatoms. The SMILES string of the molecule is C=CC(C)(CNCC)Cc1ccc(F)c(F)c1. The van der Waals surface area contributed by atoms with Crippen LogP contribution in [0.5, 0.6) is 0 Å². The van der Waals surface area contributed by atoms with Crippen LogP contribution in [0.25, 0.3) is 0 Å². The van der Waals surface area contributed by atoms with Crippen LogP contribution < -0.4 is 5.32 Å². The zero-order chi connectivity index (χ0) is 12.9. The number of hydrogen-bond donors (Lipinski definition) is 1. The predicted octanol–water partition coefficient (Wildman–Crippen LogP) is 3.31. The van der Waals surface area contributed by atoms with E-state index in [9.17, 15) is 8.78 Å². The summed E-state index contributed by atoms with van der Waals surface area (Å²) in [7, 11) is 0. The largest absolute Gasteiger partial charge is 0.316 e. The van der Waals surface area contributed by atoms with Gasteiger partial charge in [-0.25, -0.2) is 8.78 Å². The van der Waals surface area contributed by atoms with E-state index in [4.69, 9.17) is 0 Å². The van der Waals surface area contributed by atoms with Crippen LogP contribution in [0, 0.1) is 17.0 Å². The Labute approximate surface area is 102 Å².